The predicted octanol–water partition coefficient (Wildman–Crippen LogP) is 8.19. The molecular formula is C27H23BrCl2N2O3S. The fraction of sp³-hybridized carbons (Fsp3) is 0.185. The van der Waals surface area contributed by atoms with Crippen molar-refractivity contribution in [2.24, 2.45) is 4.99 Å². The second-order valence-electron chi connectivity index (χ2n) is 7.79. The van der Waals surface area contributed by atoms with E-state index in [-0.39, 0.29) is 5.91 Å². The molecule has 1 heterocycles. The normalized spacial score (nSPS) is 15.4. The third-order valence-electron chi connectivity index (χ3n) is 5.25. The van der Waals surface area contributed by atoms with E-state index >= 15 is 0 Å². The van der Waals surface area contributed by atoms with Crippen LogP contribution in [0.1, 0.15) is 30.5 Å². The van der Waals surface area contributed by atoms with Crippen molar-refractivity contribution in [3.8, 4) is 11.5 Å². The van der Waals surface area contributed by atoms with Gasteiger partial charge < -0.3 is 14.8 Å². The molecule has 1 N–H and O–H groups in total. The average molecular weight is 606 g/mol. The lowest BCUT2D eigenvalue weighted by atomic mass is 10.1. The highest BCUT2D eigenvalue weighted by atomic mass is 79.9. The van der Waals surface area contributed by atoms with Crippen molar-refractivity contribution in [2.75, 3.05) is 6.61 Å². The molecule has 0 bridgehead atoms. The molecular weight excluding hydrogens is 583 g/mol. The number of amides is 1. The fourth-order valence-electron chi connectivity index (χ4n) is 3.38. The van der Waals surface area contributed by atoms with Crippen molar-refractivity contribution >= 4 is 73.7 Å². The maximum Gasteiger partial charge on any atom is 0.264 e. The molecule has 0 atom stereocenters. The summed E-state index contributed by atoms with van der Waals surface area (Å²) in [6.07, 6.45) is 2.77. The molecule has 3 aromatic carbocycles. The van der Waals surface area contributed by atoms with Crippen LogP contribution in [-0.2, 0) is 17.8 Å². The Morgan fingerprint density at radius 3 is 2.39 bits per heavy atom. The van der Waals surface area contributed by atoms with Gasteiger partial charge in [0.15, 0.2) is 16.7 Å². The number of aliphatic imine (C=N–C) groups is 1. The third-order valence-corrected chi connectivity index (χ3v) is 7.59. The average Bonchev–Trinajstić information content (AvgIpc) is 3.21. The van der Waals surface area contributed by atoms with Gasteiger partial charge in [-0.1, -0.05) is 64.3 Å². The molecule has 0 spiro atoms. The van der Waals surface area contributed by atoms with Crippen molar-refractivity contribution in [3.05, 3.63) is 90.7 Å². The van der Waals surface area contributed by atoms with E-state index in [1.165, 1.54) is 17.3 Å². The highest BCUT2D eigenvalue weighted by Crippen LogP contribution is 2.37. The summed E-state index contributed by atoms with van der Waals surface area (Å²) in [7, 11) is 0. The highest BCUT2D eigenvalue weighted by molar-refractivity contribution is 9.10. The fourth-order valence-corrected chi connectivity index (χ4v) is 4.97. The molecule has 0 saturated carbocycles. The molecule has 0 radical (unpaired) electrons. The first-order chi connectivity index (χ1) is 17.4. The lowest BCUT2D eigenvalue weighted by molar-refractivity contribution is -0.115. The van der Waals surface area contributed by atoms with Crippen molar-refractivity contribution < 1.29 is 14.3 Å². The highest BCUT2D eigenvalue weighted by Gasteiger charge is 2.24. The van der Waals surface area contributed by atoms with Crippen LogP contribution in [0.3, 0.4) is 0 Å². The number of nitrogens with zero attached hydrogens (tertiary/aromatic N) is 1. The van der Waals surface area contributed by atoms with Crippen molar-refractivity contribution in [2.45, 2.75) is 26.9 Å². The molecule has 1 aliphatic rings. The van der Waals surface area contributed by atoms with Gasteiger partial charge in [0.1, 0.15) is 6.61 Å². The summed E-state index contributed by atoms with van der Waals surface area (Å²) in [4.78, 5) is 17.7. The van der Waals surface area contributed by atoms with Crippen LogP contribution >= 0.6 is 50.9 Å². The first kappa shape index (κ1) is 26.6. The maximum absolute atomic E-state index is 12.6. The van der Waals surface area contributed by atoms with Gasteiger partial charge in [-0.3, -0.25) is 4.79 Å². The Balaban J connectivity index is 1.54. The zero-order valence-corrected chi connectivity index (χ0v) is 23.5. The van der Waals surface area contributed by atoms with Gasteiger partial charge in [0, 0.05) is 4.47 Å². The number of aryl methyl sites for hydroxylation is 1. The zero-order chi connectivity index (χ0) is 25.7. The van der Waals surface area contributed by atoms with E-state index in [1.54, 1.807) is 18.2 Å². The molecule has 0 aromatic heterocycles. The van der Waals surface area contributed by atoms with Crippen molar-refractivity contribution in [1.82, 2.24) is 5.32 Å². The van der Waals surface area contributed by atoms with Gasteiger partial charge in [0.25, 0.3) is 5.91 Å². The number of carbonyl (C=O) groups excluding carboxylic acids is 1. The smallest absolute Gasteiger partial charge is 0.264 e. The predicted molar refractivity (Wildman–Crippen MR) is 153 cm³/mol. The van der Waals surface area contributed by atoms with E-state index in [2.05, 4.69) is 33.2 Å². The van der Waals surface area contributed by atoms with Crippen molar-refractivity contribution in [1.29, 1.82) is 0 Å². The van der Waals surface area contributed by atoms with Gasteiger partial charge in [-0.15, -0.1) is 0 Å². The molecule has 0 unspecified atom stereocenters. The molecule has 5 nitrogen and oxygen atoms in total. The van der Waals surface area contributed by atoms with Crippen LogP contribution in [0.15, 0.2) is 69.0 Å². The lowest BCUT2D eigenvalue weighted by Gasteiger charge is -2.14. The van der Waals surface area contributed by atoms with Crippen LogP contribution in [0.2, 0.25) is 10.0 Å². The molecule has 1 amide bonds. The van der Waals surface area contributed by atoms with E-state index in [9.17, 15) is 4.79 Å². The SMILES string of the molecule is CCOc1cc(/C=C2\SC(=Nc3ccc(CC)cc3)NC2=O)c(Br)cc1OCc1ccc(Cl)c(Cl)c1. The second-order valence-corrected chi connectivity index (χ2v) is 10.5. The number of ether oxygens (including phenoxy) is 2. The molecule has 3 aromatic rings. The number of nitrogens with one attached hydrogen (secondary N) is 1. The molecule has 1 aliphatic heterocycles. The minimum absolute atomic E-state index is 0.200. The van der Waals surface area contributed by atoms with E-state index in [1.807, 2.05) is 49.4 Å². The van der Waals surface area contributed by atoms with Gasteiger partial charge in [-0.25, -0.2) is 4.99 Å². The Hall–Kier alpha value is -2.45. The summed E-state index contributed by atoms with van der Waals surface area (Å²) < 4.78 is 12.6. The molecule has 186 valence electrons. The third kappa shape index (κ3) is 6.65. The second kappa shape index (κ2) is 12.2. The van der Waals surface area contributed by atoms with Gasteiger partial charge in [-0.05, 0) is 84.3 Å². The van der Waals surface area contributed by atoms with E-state index in [4.69, 9.17) is 32.7 Å². The Labute approximate surface area is 233 Å². The van der Waals surface area contributed by atoms with Crippen LogP contribution in [0.5, 0.6) is 11.5 Å². The first-order valence-corrected chi connectivity index (χ1v) is 13.6. The Morgan fingerprint density at radius 1 is 0.972 bits per heavy atom. The Bertz CT molecular complexity index is 1340. The summed E-state index contributed by atoms with van der Waals surface area (Å²) in [5.41, 5.74) is 3.69. The summed E-state index contributed by atoms with van der Waals surface area (Å²) in [5, 5.41) is 4.34. The quantitative estimate of drug-likeness (QED) is 0.263. The largest absolute Gasteiger partial charge is 0.490 e. The van der Waals surface area contributed by atoms with Crippen molar-refractivity contribution in [3.63, 3.8) is 0 Å². The van der Waals surface area contributed by atoms with Crippen LogP contribution in [0, 0.1) is 0 Å². The first-order valence-electron chi connectivity index (χ1n) is 11.3. The van der Waals surface area contributed by atoms with Gasteiger partial charge in [-0.2, -0.15) is 0 Å². The molecule has 1 saturated heterocycles. The monoisotopic (exact) mass is 604 g/mol. The van der Waals surface area contributed by atoms with E-state index in [0.29, 0.717) is 44.8 Å². The summed E-state index contributed by atoms with van der Waals surface area (Å²) >= 11 is 17.0. The van der Waals surface area contributed by atoms with Crippen LogP contribution in [0.4, 0.5) is 5.69 Å². The number of halogens is 3. The topological polar surface area (TPSA) is 59.9 Å². The molecule has 36 heavy (non-hydrogen) atoms. The maximum atomic E-state index is 12.6. The van der Waals surface area contributed by atoms with Gasteiger partial charge in [0.05, 0.1) is 27.2 Å². The summed E-state index contributed by atoms with van der Waals surface area (Å²) in [6, 6.07) is 17.0. The summed E-state index contributed by atoms with van der Waals surface area (Å²) in [6.45, 7) is 4.76. The number of thioether (sulfide) groups is 1. The summed E-state index contributed by atoms with van der Waals surface area (Å²) in [5.74, 6) is 0.938. The lowest BCUT2D eigenvalue weighted by Crippen LogP contribution is -2.19. The van der Waals surface area contributed by atoms with Gasteiger partial charge >= 0.3 is 0 Å². The molecule has 0 aliphatic carbocycles. The Morgan fingerprint density at radius 2 is 1.69 bits per heavy atom. The number of amidine groups is 1. The van der Waals surface area contributed by atoms with Crippen LogP contribution in [0.25, 0.3) is 6.08 Å². The standard InChI is InChI=1S/C27H23BrCl2N2O3S/c1-3-16-5-8-19(9-6-16)31-27-32-26(33)25(36-27)13-18-12-23(34-4-2)24(14-20(18)28)35-15-17-7-10-21(29)22(30)11-17/h5-14H,3-4,15H2,1-2H3,(H,31,32,33)/b25-13-. The number of hydrogen-bond donors (Lipinski definition) is 1. The van der Waals surface area contributed by atoms with E-state index in [0.717, 1.165) is 27.7 Å². The van der Waals surface area contributed by atoms with Crippen LogP contribution in [-0.4, -0.2) is 17.7 Å². The van der Waals surface area contributed by atoms with E-state index < -0.39 is 0 Å². The number of carbonyl (C=O) groups is 1. The number of hydrogen-bond acceptors (Lipinski definition) is 5. The minimum Gasteiger partial charge on any atom is -0.490 e. The minimum atomic E-state index is -0.200. The number of benzene rings is 3. The van der Waals surface area contributed by atoms with Gasteiger partial charge in [0.2, 0.25) is 0 Å². The molecule has 9 heteroatoms. The number of rotatable bonds is 8. The molecule has 1 fully saturated rings. The van der Waals surface area contributed by atoms with Crippen LogP contribution < -0.4 is 14.8 Å². The molecule has 4 rings (SSSR count). The zero-order valence-electron chi connectivity index (χ0n) is 19.6. The Kier molecular flexibility index (Phi) is 9.01.